The highest BCUT2D eigenvalue weighted by atomic mass is 16.5. The minimum absolute atomic E-state index is 0.0775. The van der Waals surface area contributed by atoms with Crippen LogP contribution >= 0.6 is 0 Å². The first-order valence-electron chi connectivity index (χ1n) is 6.99. The smallest absolute Gasteiger partial charge is 0.118 e. The van der Waals surface area contributed by atoms with E-state index >= 15 is 0 Å². The van der Waals surface area contributed by atoms with Crippen LogP contribution in [0.3, 0.4) is 0 Å². The van der Waals surface area contributed by atoms with Crippen molar-refractivity contribution in [2.75, 3.05) is 33.4 Å². The van der Waals surface area contributed by atoms with E-state index in [0.717, 1.165) is 31.9 Å². The Labute approximate surface area is 115 Å². The summed E-state index contributed by atoms with van der Waals surface area (Å²) < 4.78 is 11.0. The number of ether oxygens (including phenoxy) is 2. The lowest BCUT2D eigenvalue weighted by Gasteiger charge is -2.41. The maximum absolute atomic E-state index is 5.87. The van der Waals surface area contributed by atoms with Gasteiger partial charge < -0.3 is 15.2 Å². The minimum Gasteiger partial charge on any atom is -0.497 e. The summed E-state index contributed by atoms with van der Waals surface area (Å²) in [5.41, 5.74) is 7.12. The number of hydrogen-bond donors (Lipinski definition) is 1. The number of morpholine rings is 1. The first-order valence-corrected chi connectivity index (χ1v) is 6.99. The van der Waals surface area contributed by atoms with Gasteiger partial charge in [0.25, 0.3) is 0 Å². The van der Waals surface area contributed by atoms with Crippen molar-refractivity contribution >= 4 is 0 Å². The van der Waals surface area contributed by atoms with Gasteiger partial charge in [-0.3, -0.25) is 4.90 Å². The molecule has 106 valence electrons. The molecular formula is C15H24N2O2. The number of methoxy groups -OCH3 is 1. The highest BCUT2D eigenvalue weighted by Gasteiger charge is 2.32. The van der Waals surface area contributed by atoms with Crippen LogP contribution < -0.4 is 10.5 Å². The van der Waals surface area contributed by atoms with E-state index in [9.17, 15) is 0 Å². The van der Waals surface area contributed by atoms with Crippen LogP contribution in [0, 0.1) is 0 Å². The Balaban J connectivity index is 2.22. The molecule has 1 heterocycles. The number of hydrogen-bond acceptors (Lipinski definition) is 4. The number of rotatable bonds is 5. The largest absolute Gasteiger partial charge is 0.497 e. The molecule has 0 bridgehead atoms. The molecular weight excluding hydrogens is 240 g/mol. The van der Waals surface area contributed by atoms with Gasteiger partial charge >= 0.3 is 0 Å². The van der Waals surface area contributed by atoms with Crippen molar-refractivity contribution in [3.05, 3.63) is 29.8 Å². The molecule has 2 atom stereocenters. The zero-order valence-electron chi connectivity index (χ0n) is 11.8. The van der Waals surface area contributed by atoms with Crippen molar-refractivity contribution in [3.8, 4) is 5.75 Å². The summed E-state index contributed by atoms with van der Waals surface area (Å²) in [6.07, 6.45) is 1.22. The summed E-state index contributed by atoms with van der Waals surface area (Å²) >= 11 is 0. The van der Waals surface area contributed by atoms with Gasteiger partial charge in [-0.05, 0) is 30.7 Å². The fourth-order valence-corrected chi connectivity index (χ4v) is 2.75. The molecule has 2 rings (SSSR count). The second-order valence-corrected chi connectivity index (χ2v) is 4.90. The Morgan fingerprint density at radius 1 is 1.37 bits per heavy atom. The van der Waals surface area contributed by atoms with Gasteiger partial charge in [0.15, 0.2) is 0 Å². The average Bonchev–Trinajstić information content (AvgIpc) is 2.47. The van der Waals surface area contributed by atoms with Gasteiger partial charge in [0.2, 0.25) is 0 Å². The Morgan fingerprint density at radius 3 is 2.68 bits per heavy atom. The minimum atomic E-state index is 0.0775. The van der Waals surface area contributed by atoms with Crippen molar-refractivity contribution in [2.45, 2.75) is 25.5 Å². The lowest BCUT2D eigenvalue weighted by Crippen LogP contribution is -2.48. The highest BCUT2D eigenvalue weighted by molar-refractivity contribution is 5.30. The first kappa shape index (κ1) is 14.3. The molecule has 2 unspecified atom stereocenters. The van der Waals surface area contributed by atoms with E-state index in [4.69, 9.17) is 15.2 Å². The van der Waals surface area contributed by atoms with Crippen molar-refractivity contribution in [3.63, 3.8) is 0 Å². The van der Waals surface area contributed by atoms with Gasteiger partial charge in [0.05, 0.1) is 25.9 Å². The van der Waals surface area contributed by atoms with E-state index in [1.54, 1.807) is 7.11 Å². The maximum Gasteiger partial charge on any atom is 0.118 e. The van der Waals surface area contributed by atoms with E-state index in [1.807, 2.05) is 12.1 Å². The molecule has 4 nitrogen and oxygen atoms in total. The molecule has 0 spiro atoms. The van der Waals surface area contributed by atoms with Gasteiger partial charge in [0.1, 0.15) is 5.75 Å². The SMILES string of the molecule is CCCN1CCOC(CN)C1c1ccc(OC)cc1. The van der Waals surface area contributed by atoms with E-state index in [1.165, 1.54) is 5.56 Å². The molecule has 1 aromatic rings. The summed E-state index contributed by atoms with van der Waals surface area (Å²) in [7, 11) is 1.69. The fourth-order valence-electron chi connectivity index (χ4n) is 2.75. The highest BCUT2D eigenvalue weighted by Crippen LogP contribution is 2.30. The van der Waals surface area contributed by atoms with Crippen LogP contribution in [-0.2, 0) is 4.74 Å². The number of benzene rings is 1. The van der Waals surface area contributed by atoms with Crippen LogP contribution in [0.1, 0.15) is 24.9 Å². The van der Waals surface area contributed by atoms with Gasteiger partial charge in [0, 0.05) is 13.1 Å². The zero-order chi connectivity index (χ0) is 13.7. The maximum atomic E-state index is 5.87. The van der Waals surface area contributed by atoms with Gasteiger partial charge in [-0.1, -0.05) is 19.1 Å². The second-order valence-electron chi connectivity index (χ2n) is 4.90. The average molecular weight is 264 g/mol. The van der Waals surface area contributed by atoms with Gasteiger partial charge in [-0.25, -0.2) is 0 Å². The van der Waals surface area contributed by atoms with Crippen LogP contribution in [0.4, 0.5) is 0 Å². The zero-order valence-corrected chi connectivity index (χ0v) is 11.8. The summed E-state index contributed by atoms with van der Waals surface area (Å²) in [6.45, 7) is 5.58. The van der Waals surface area contributed by atoms with E-state index in [2.05, 4.69) is 24.0 Å². The lowest BCUT2D eigenvalue weighted by atomic mass is 9.97. The molecule has 0 radical (unpaired) electrons. The summed E-state index contributed by atoms with van der Waals surface area (Å²) in [6, 6.07) is 8.49. The first-order chi connectivity index (χ1) is 9.30. The van der Waals surface area contributed by atoms with Crippen LogP contribution in [-0.4, -0.2) is 44.4 Å². The molecule has 1 fully saturated rings. The molecule has 2 N–H and O–H groups in total. The van der Waals surface area contributed by atoms with Crippen LogP contribution in [0.5, 0.6) is 5.75 Å². The predicted octanol–water partition coefficient (Wildman–Crippen LogP) is 1.81. The molecule has 0 aromatic heterocycles. The topological polar surface area (TPSA) is 47.7 Å². The Hall–Kier alpha value is -1.10. The third kappa shape index (κ3) is 3.26. The predicted molar refractivity (Wildman–Crippen MR) is 76.4 cm³/mol. The van der Waals surface area contributed by atoms with Gasteiger partial charge in [-0.15, -0.1) is 0 Å². The molecule has 0 saturated carbocycles. The quantitative estimate of drug-likeness (QED) is 0.881. The van der Waals surface area contributed by atoms with Crippen molar-refractivity contribution in [1.82, 2.24) is 4.90 Å². The standard InChI is InChI=1S/C15H24N2O2/c1-3-8-17-9-10-19-14(11-16)15(17)12-4-6-13(18-2)7-5-12/h4-7,14-15H,3,8-11,16H2,1-2H3. The molecule has 1 aromatic carbocycles. The summed E-state index contributed by atoms with van der Waals surface area (Å²) in [5, 5.41) is 0. The van der Waals surface area contributed by atoms with Crippen LogP contribution in [0.15, 0.2) is 24.3 Å². The molecule has 0 aliphatic carbocycles. The molecule has 4 heteroatoms. The Bertz CT molecular complexity index is 378. The van der Waals surface area contributed by atoms with E-state index in [0.29, 0.717) is 6.54 Å². The summed E-state index contributed by atoms with van der Waals surface area (Å²) in [4.78, 5) is 2.48. The van der Waals surface area contributed by atoms with Crippen molar-refractivity contribution < 1.29 is 9.47 Å². The number of nitrogens with zero attached hydrogens (tertiary/aromatic N) is 1. The molecule has 1 saturated heterocycles. The second kappa shape index (κ2) is 6.89. The lowest BCUT2D eigenvalue weighted by molar-refractivity contribution is -0.0676. The molecule has 0 amide bonds. The number of nitrogens with two attached hydrogens (primary N) is 1. The summed E-state index contributed by atoms with van der Waals surface area (Å²) in [5.74, 6) is 0.881. The Morgan fingerprint density at radius 2 is 2.11 bits per heavy atom. The van der Waals surface area contributed by atoms with Gasteiger partial charge in [-0.2, -0.15) is 0 Å². The third-order valence-corrected chi connectivity index (χ3v) is 3.66. The monoisotopic (exact) mass is 264 g/mol. The molecule has 1 aliphatic heterocycles. The third-order valence-electron chi connectivity index (χ3n) is 3.66. The van der Waals surface area contributed by atoms with E-state index < -0.39 is 0 Å². The Kier molecular flexibility index (Phi) is 5.19. The van der Waals surface area contributed by atoms with Crippen LogP contribution in [0.25, 0.3) is 0 Å². The van der Waals surface area contributed by atoms with Crippen molar-refractivity contribution in [2.24, 2.45) is 5.73 Å². The normalized spacial score (nSPS) is 24.4. The molecule has 1 aliphatic rings. The fraction of sp³-hybridized carbons (Fsp3) is 0.600. The van der Waals surface area contributed by atoms with Crippen LogP contribution in [0.2, 0.25) is 0 Å². The van der Waals surface area contributed by atoms with E-state index in [-0.39, 0.29) is 12.1 Å². The van der Waals surface area contributed by atoms with Crippen molar-refractivity contribution in [1.29, 1.82) is 0 Å². The molecule has 19 heavy (non-hydrogen) atoms.